The molecular formula is C22H30O. The van der Waals surface area contributed by atoms with Gasteiger partial charge in [0.15, 0.2) is 0 Å². The summed E-state index contributed by atoms with van der Waals surface area (Å²) < 4.78 is 0. The van der Waals surface area contributed by atoms with Crippen molar-refractivity contribution in [2.45, 2.75) is 52.6 Å². The Labute approximate surface area is 141 Å². The Hall–Kier alpha value is -1.86. The number of fused-ring (bicyclic) bond motifs is 2. The highest BCUT2D eigenvalue weighted by Crippen LogP contribution is 2.40. The lowest BCUT2D eigenvalue weighted by Gasteiger charge is -2.22. The molecule has 0 aromatic heterocycles. The van der Waals surface area contributed by atoms with E-state index in [-0.39, 0.29) is 5.92 Å². The van der Waals surface area contributed by atoms with Crippen molar-refractivity contribution in [3.8, 4) is 0 Å². The highest BCUT2D eigenvalue weighted by atomic mass is 16.3. The zero-order valence-corrected chi connectivity index (χ0v) is 14.9. The fourth-order valence-electron chi connectivity index (χ4n) is 3.07. The first kappa shape index (κ1) is 19.2. The van der Waals surface area contributed by atoms with Crippen molar-refractivity contribution in [1.82, 2.24) is 0 Å². The Morgan fingerprint density at radius 1 is 0.913 bits per heavy atom. The molecule has 1 N–H and O–H groups in total. The number of rotatable bonds is 2. The molecule has 1 aliphatic carbocycles. The Morgan fingerprint density at radius 2 is 1.39 bits per heavy atom. The summed E-state index contributed by atoms with van der Waals surface area (Å²) in [5.41, 5.74) is 4.86. The Balaban J connectivity index is 0.000000615. The van der Waals surface area contributed by atoms with Crippen molar-refractivity contribution in [2.24, 2.45) is 0 Å². The van der Waals surface area contributed by atoms with Crippen LogP contribution in [-0.4, -0.2) is 5.11 Å². The summed E-state index contributed by atoms with van der Waals surface area (Å²) in [4.78, 5) is 0. The highest BCUT2D eigenvalue weighted by molar-refractivity contribution is 5.44. The van der Waals surface area contributed by atoms with E-state index >= 15 is 0 Å². The topological polar surface area (TPSA) is 20.2 Å². The van der Waals surface area contributed by atoms with Crippen molar-refractivity contribution in [3.63, 3.8) is 0 Å². The Morgan fingerprint density at radius 3 is 1.96 bits per heavy atom. The molecule has 1 aliphatic rings. The molecule has 0 saturated carbocycles. The molecule has 0 heterocycles. The summed E-state index contributed by atoms with van der Waals surface area (Å²) in [6, 6.07) is 16.6. The van der Waals surface area contributed by atoms with E-state index < -0.39 is 6.10 Å². The second-order valence-corrected chi connectivity index (χ2v) is 5.15. The van der Waals surface area contributed by atoms with E-state index in [0.717, 1.165) is 18.4 Å². The maximum absolute atomic E-state index is 10.7. The SMILES string of the molecule is C=CCC1c2ccccc2Cc2ccccc2C1O.CC.CC. The molecule has 1 heteroatoms. The van der Waals surface area contributed by atoms with Crippen LogP contribution in [0.3, 0.4) is 0 Å². The predicted molar refractivity (Wildman–Crippen MR) is 101 cm³/mol. The first-order valence-corrected chi connectivity index (χ1v) is 8.76. The lowest BCUT2D eigenvalue weighted by Crippen LogP contribution is -2.10. The van der Waals surface area contributed by atoms with Gasteiger partial charge in [-0.05, 0) is 35.1 Å². The normalized spacial score (nSPS) is 18.0. The van der Waals surface area contributed by atoms with E-state index in [0.29, 0.717) is 0 Å². The van der Waals surface area contributed by atoms with E-state index in [9.17, 15) is 5.11 Å². The number of aliphatic hydroxyl groups excluding tert-OH is 1. The third-order valence-electron chi connectivity index (χ3n) is 4.01. The van der Waals surface area contributed by atoms with Crippen LogP contribution in [0.1, 0.15) is 68.4 Å². The number of benzene rings is 2. The van der Waals surface area contributed by atoms with Gasteiger partial charge in [0.1, 0.15) is 0 Å². The van der Waals surface area contributed by atoms with Gasteiger partial charge in [0.25, 0.3) is 0 Å². The molecule has 2 aromatic carbocycles. The van der Waals surface area contributed by atoms with E-state index in [1.165, 1.54) is 16.7 Å². The molecule has 2 unspecified atom stereocenters. The average Bonchev–Trinajstić information content (AvgIpc) is 2.74. The quantitative estimate of drug-likeness (QED) is 0.671. The average molecular weight is 310 g/mol. The maximum atomic E-state index is 10.7. The molecule has 0 saturated heterocycles. The predicted octanol–water partition coefficient (Wildman–Crippen LogP) is 6.04. The Bertz CT molecular complexity index is 600. The minimum atomic E-state index is -0.446. The zero-order chi connectivity index (χ0) is 17.2. The summed E-state index contributed by atoms with van der Waals surface area (Å²) in [6.07, 6.45) is 3.15. The van der Waals surface area contributed by atoms with Gasteiger partial charge in [-0.2, -0.15) is 0 Å². The molecule has 3 rings (SSSR count). The second kappa shape index (κ2) is 10.0. The van der Waals surface area contributed by atoms with Gasteiger partial charge in [-0.3, -0.25) is 0 Å². The minimum absolute atomic E-state index is 0.109. The van der Waals surface area contributed by atoms with Crippen molar-refractivity contribution in [3.05, 3.63) is 83.4 Å². The first-order chi connectivity index (χ1) is 11.3. The van der Waals surface area contributed by atoms with Crippen molar-refractivity contribution >= 4 is 0 Å². The van der Waals surface area contributed by atoms with Gasteiger partial charge in [0, 0.05) is 5.92 Å². The van der Waals surface area contributed by atoms with Crippen LogP contribution in [0.5, 0.6) is 0 Å². The van der Waals surface area contributed by atoms with Crippen LogP contribution in [0.4, 0.5) is 0 Å². The number of hydrogen-bond acceptors (Lipinski definition) is 1. The third kappa shape index (κ3) is 4.33. The molecular weight excluding hydrogens is 280 g/mol. The van der Waals surface area contributed by atoms with Crippen LogP contribution >= 0.6 is 0 Å². The fraction of sp³-hybridized carbons (Fsp3) is 0.364. The molecule has 0 bridgehead atoms. The molecule has 0 radical (unpaired) electrons. The summed E-state index contributed by atoms with van der Waals surface area (Å²) >= 11 is 0. The highest BCUT2D eigenvalue weighted by Gasteiger charge is 2.28. The molecule has 2 atom stereocenters. The van der Waals surface area contributed by atoms with Crippen molar-refractivity contribution in [2.75, 3.05) is 0 Å². The first-order valence-electron chi connectivity index (χ1n) is 8.76. The molecule has 0 fully saturated rings. The van der Waals surface area contributed by atoms with Crippen LogP contribution < -0.4 is 0 Å². The van der Waals surface area contributed by atoms with Gasteiger partial charge < -0.3 is 5.11 Å². The number of aliphatic hydroxyl groups is 1. The molecule has 1 nitrogen and oxygen atoms in total. The van der Waals surface area contributed by atoms with Crippen LogP contribution in [0, 0.1) is 0 Å². The van der Waals surface area contributed by atoms with Gasteiger partial charge in [-0.25, -0.2) is 0 Å². The smallest absolute Gasteiger partial charge is 0.0864 e. The van der Waals surface area contributed by atoms with E-state index in [1.54, 1.807) is 0 Å². The van der Waals surface area contributed by atoms with Gasteiger partial charge in [-0.1, -0.05) is 82.3 Å². The van der Waals surface area contributed by atoms with Gasteiger partial charge in [0.2, 0.25) is 0 Å². The molecule has 23 heavy (non-hydrogen) atoms. The van der Waals surface area contributed by atoms with Crippen LogP contribution in [-0.2, 0) is 6.42 Å². The molecule has 0 spiro atoms. The van der Waals surface area contributed by atoms with Crippen molar-refractivity contribution < 1.29 is 5.11 Å². The summed E-state index contributed by atoms with van der Waals surface area (Å²) in [5.74, 6) is 0.109. The number of allylic oxidation sites excluding steroid dienone is 1. The van der Waals surface area contributed by atoms with E-state index in [1.807, 2.05) is 52.0 Å². The van der Waals surface area contributed by atoms with Gasteiger partial charge in [0.05, 0.1) is 6.10 Å². The molecule has 124 valence electrons. The molecule has 0 aliphatic heterocycles. The monoisotopic (exact) mass is 310 g/mol. The Kier molecular flexibility index (Phi) is 8.36. The van der Waals surface area contributed by atoms with E-state index in [2.05, 4.69) is 36.9 Å². The molecule has 0 amide bonds. The standard InChI is InChI=1S/C18H18O.2C2H6/c1-2-7-17-15-10-5-3-8-13(15)12-14-9-4-6-11-16(14)18(17)19;2*1-2/h2-6,8-11,17-19H,1,7,12H2;2*1-2H3. The zero-order valence-electron chi connectivity index (χ0n) is 14.9. The summed E-state index contributed by atoms with van der Waals surface area (Å²) in [5, 5.41) is 10.7. The van der Waals surface area contributed by atoms with E-state index in [4.69, 9.17) is 0 Å². The summed E-state index contributed by atoms with van der Waals surface area (Å²) in [7, 11) is 0. The van der Waals surface area contributed by atoms with Crippen LogP contribution in [0.15, 0.2) is 61.2 Å². The van der Waals surface area contributed by atoms with Crippen LogP contribution in [0.2, 0.25) is 0 Å². The summed E-state index contributed by atoms with van der Waals surface area (Å²) in [6.45, 7) is 11.8. The maximum Gasteiger partial charge on any atom is 0.0864 e. The molecule has 2 aromatic rings. The van der Waals surface area contributed by atoms with Crippen LogP contribution in [0.25, 0.3) is 0 Å². The lowest BCUT2D eigenvalue weighted by molar-refractivity contribution is 0.145. The second-order valence-electron chi connectivity index (χ2n) is 5.15. The van der Waals surface area contributed by atoms with Crippen molar-refractivity contribution in [1.29, 1.82) is 0 Å². The number of hydrogen-bond donors (Lipinski definition) is 1. The largest absolute Gasteiger partial charge is 0.388 e. The minimum Gasteiger partial charge on any atom is -0.388 e. The van der Waals surface area contributed by atoms with Gasteiger partial charge in [-0.15, -0.1) is 6.58 Å². The fourth-order valence-corrected chi connectivity index (χ4v) is 3.07. The third-order valence-corrected chi connectivity index (χ3v) is 4.01. The lowest BCUT2D eigenvalue weighted by atomic mass is 9.86. The van der Waals surface area contributed by atoms with Gasteiger partial charge >= 0.3 is 0 Å².